The molecule has 0 aromatic heterocycles. The summed E-state index contributed by atoms with van der Waals surface area (Å²) in [5, 5.41) is 2.94. The molecule has 1 aliphatic rings. The highest BCUT2D eigenvalue weighted by Gasteiger charge is 2.19. The summed E-state index contributed by atoms with van der Waals surface area (Å²) in [5.41, 5.74) is 7.07. The number of benzene rings is 1. The van der Waals surface area contributed by atoms with Crippen LogP contribution in [0.25, 0.3) is 0 Å². The number of carbonyl (C=O) groups is 1. The van der Waals surface area contributed by atoms with E-state index in [0.717, 1.165) is 25.7 Å². The average Bonchev–Trinajstić information content (AvgIpc) is 2.37. The predicted molar refractivity (Wildman–Crippen MR) is 73.4 cm³/mol. The van der Waals surface area contributed by atoms with Crippen molar-refractivity contribution in [2.75, 3.05) is 6.54 Å². The zero-order valence-electron chi connectivity index (χ0n) is 11.3. The van der Waals surface area contributed by atoms with Crippen LogP contribution >= 0.6 is 0 Å². The van der Waals surface area contributed by atoms with Crippen LogP contribution in [-0.4, -0.2) is 18.5 Å². The molecule has 1 aromatic carbocycles. The Morgan fingerprint density at radius 2 is 2.05 bits per heavy atom. The Labute approximate surface area is 113 Å². The molecule has 1 aromatic rings. The topological polar surface area (TPSA) is 55.1 Å². The first kappa shape index (κ1) is 14.0. The summed E-state index contributed by atoms with van der Waals surface area (Å²) in [6.07, 6.45) is 4.22. The summed E-state index contributed by atoms with van der Waals surface area (Å²) in [6.45, 7) is 2.43. The SMILES string of the molecule is Cc1cc(F)ccc1C(=O)NCC1CCC(N)CC1. The normalized spacial score (nSPS) is 23.1. The summed E-state index contributed by atoms with van der Waals surface area (Å²) >= 11 is 0. The summed E-state index contributed by atoms with van der Waals surface area (Å²) in [4.78, 5) is 12.0. The predicted octanol–water partition coefficient (Wildman–Crippen LogP) is 2.38. The highest BCUT2D eigenvalue weighted by molar-refractivity contribution is 5.95. The van der Waals surface area contributed by atoms with Gasteiger partial charge in [-0.3, -0.25) is 4.79 Å². The molecule has 0 heterocycles. The molecule has 1 amide bonds. The number of rotatable bonds is 3. The van der Waals surface area contributed by atoms with Crippen LogP contribution in [0.2, 0.25) is 0 Å². The molecule has 4 heteroatoms. The Bertz CT molecular complexity index is 453. The van der Waals surface area contributed by atoms with Gasteiger partial charge in [0.15, 0.2) is 0 Å². The fourth-order valence-electron chi connectivity index (χ4n) is 2.61. The Morgan fingerprint density at radius 1 is 1.37 bits per heavy atom. The van der Waals surface area contributed by atoms with E-state index < -0.39 is 0 Å². The number of hydrogen-bond donors (Lipinski definition) is 2. The highest BCUT2D eigenvalue weighted by Crippen LogP contribution is 2.22. The molecule has 1 saturated carbocycles. The van der Waals surface area contributed by atoms with E-state index in [0.29, 0.717) is 29.6 Å². The van der Waals surface area contributed by atoms with Gasteiger partial charge in [0, 0.05) is 18.2 Å². The maximum atomic E-state index is 13.0. The van der Waals surface area contributed by atoms with Crippen LogP contribution in [-0.2, 0) is 0 Å². The smallest absolute Gasteiger partial charge is 0.251 e. The van der Waals surface area contributed by atoms with E-state index in [-0.39, 0.29) is 11.7 Å². The van der Waals surface area contributed by atoms with Gasteiger partial charge in [-0.25, -0.2) is 4.39 Å². The van der Waals surface area contributed by atoms with Gasteiger partial charge in [-0.15, -0.1) is 0 Å². The first-order valence-electron chi connectivity index (χ1n) is 6.86. The number of hydrogen-bond acceptors (Lipinski definition) is 2. The highest BCUT2D eigenvalue weighted by atomic mass is 19.1. The summed E-state index contributed by atoms with van der Waals surface area (Å²) in [5.74, 6) is 0.0900. The van der Waals surface area contributed by atoms with Crippen LogP contribution in [0.4, 0.5) is 4.39 Å². The molecule has 0 unspecified atom stereocenters. The fourth-order valence-corrected chi connectivity index (χ4v) is 2.61. The lowest BCUT2D eigenvalue weighted by atomic mass is 9.86. The second-order valence-corrected chi connectivity index (χ2v) is 5.45. The maximum absolute atomic E-state index is 13.0. The van der Waals surface area contributed by atoms with Crippen molar-refractivity contribution in [1.82, 2.24) is 5.32 Å². The number of aryl methyl sites for hydroxylation is 1. The van der Waals surface area contributed by atoms with Gasteiger partial charge in [0.25, 0.3) is 5.91 Å². The Morgan fingerprint density at radius 3 is 2.68 bits per heavy atom. The standard InChI is InChI=1S/C15H21FN2O/c1-10-8-12(16)4-7-14(10)15(19)18-9-11-2-5-13(17)6-3-11/h4,7-8,11,13H,2-3,5-6,9,17H2,1H3,(H,18,19). The molecule has 1 aliphatic carbocycles. The van der Waals surface area contributed by atoms with Crippen molar-refractivity contribution in [3.8, 4) is 0 Å². The minimum Gasteiger partial charge on any atom is -0.352 e. The molecule has 0 bridgehead atoms. The number of amides is 1. The van der Waals surface area contributed by atoms with Crippen LogP contribution in [0.5, 0.6) is 0 Å². The molecular weight excluding hydrogens is 243 g/mol. The summed E-state index contributed by atoms with van der Waals surface area (Å²) in [7, 11) is 0. The molecule has 0 radical (unpaired) electrons. The van der Waals surface area contributed by atoms with Crippen molar-refractivity contribution in [2.24, 2.45) is 11.7 Å². The maximum Gasteiger partial charge on any atom is 0.251 e. The van der Waals surface area contributed by atoms with Crippen LogP contribution < -0.4 is 11.1 Å². The molecule has 3 N–H and O–H groups in total. The van der Waals surface area contributed by atoms with Crippen molar-refractivity contribution in [3.63, 3.8) is 0 Å². The monoisotopic (exact) mass is 264 g/mol. The minimum absolute atomic E-state index is 0.118. The van der Waals surface area contributed by atoms with Crippen molar-refractivity contribution < 1.29 is 9.18 Å². The number of nitrogens with one attached hydrogen (secondary N) is 1. The van der Waals surface area contributed by atoms with E-state index in [1.165, 1.54) is 18.2 Å². The van der Waals surface area contributed by atoms with Crippen LogP contribution in [0.3, 0.4) is 0 Å². The van der Waals surface area contributed by atoms with Gasteiger partial charge in [0.1, 0.15) is 5.82 Å². The molecule has 0 saturated heterocycles. The average molecular weight is 264 g/mol. The van der Waals surface area contributed by atoms with E-state index in [4.69, 9.17) is 5.73 Å². The van der Waals surface area contributed by atoms with Gasteiger partial charge in [-0.2, -0.15) is 0 Å². The lowest BCUT2D eigenvalue weighted by molar-refractivity contribution is 0.0942. The first-order valence-corrected chi connectivity index (χ1v) is 6.86. The van der Waals surface area contributed by atoms with Gasteiger partial charge < -0.3 is 11.1 Å². The van der Waals surface area contributed by atoms with Gasteiger partial charge in [-0.1, -0.05) is 0 Å². The van der Waals surface area contributed by atoms with E-state index in [1.54, 1.807) is 6.92 Å². The Kier molecular flexibility index (Phi) is 4.53. The molecule has 0 atom stereocenters. The number of halogens is 1. The quantitative estimate of drug-likeness (QED) is 0.880. The molecule has 19 heavy (non-hydrogen) atoms. The van der Waals surface area contributed by atoms with Crippen molar-refractivity contribution in [1.29, 1.82) is 0 Å². The third-order valence-corrected chi connectivity index (χ3v) is 3.88. The first-order chi connectivity index (χ1) is 9.06. The van der Waals surface area contributed by atoms with Gasteiger partial charge >= 0.3 is 0 Å². The van der Waals surface area contributed by atoms with Gasteiger partial charge in [-0.05, 0) is 62.3 Å². The minimum atomic E-state index is -0.310. The summed E-state index contributed by atoms with van der Waals surface area (Å²) in [6, 6.07) is 4.57. The fraction of sp³-hybridized carbons (Fsp3) is 0.533. The zero-order chi connectivity index (χ0) is 13.8. The third-order valence-electron chi connectivity index (χ3n) is 3.88. The molecule has 2 rings (SSSR count). The Hall–Kier alpha value is -1.42. The molecular formula is C15H21FN2O. The van der Waals surface area contributed by atoms with Crippen LogP contribution in [0, 0.1) is 18.7 Å². The summed E-state index contributed by atoms with van der Waals surface area (Å²) < 4.78 is 13.0. The van der Waals surface area contributed by atoms with E-state index >= 15 is 0 Å². The van der Waals surface area contributed by atoms with E-state index in [1.807, 2.05) is 0 Å². The lowest BCUT2D eigenvalue weighted by Crippen LogP contribution is -2.34. The number of carbonyl (C=O) groups excluding carboxylic acids is 1. The van der Waals surface area contributed by atoms with Crippen molar-refractivity contribution in [3.05, 3.63) is 35.1 Å². The Balaban J connectivity index is 1.87. The lowest BCUT2D eigenvalue weighted by Gasteiger charge is -2.26. The largest absolute Gasteiger partial charge is 0.352 e. The van der Waals surface area contributed by atoms with Crippen molar-refractivity contribution >= 4 is 5.91 Å². The van der Waals surface area contributed by atoms with Crippen molar-refractivity contribution in [2.45, 2.75) is 38.6 Å². The zero-order valence-corrected chi connectivity index (χ0v) is 11.3. The molecule has 3 nitrogen and oxygen atoms in total. The second-order valence-electron chi connectivity index (χ2n) is 5.45. The van der Waals surface area contributed by atoms with E-state index in [2.05, 4.69) is 5.32 Å². The second kappa shape index (κ2) is 6.15. The van der Waals surface area contributed by atoms with E-state index in [9.17, 15) is 9.18 Å². The molecule has 1 fully saturated rings. The molecule has 0 spiro atoms. The molecule has 104 valence electrons. The van der Waals surface area contributed by atoms with Crippen LogP contribution in [0.15, 0.2) is 18.2 Å². The van der Waals surface area contributed by atoms with Crippen LogP contribution in [0.1, 0.15) is 41.6 Å². The molecule has 0 aliphatic heterocycles. The van der Waals surface area contributed by atoms with Gasteiger partial charge in [0.05, 0.1) is 0 Å². The van der Waals surface area contributed by atoms with Gasteiger partial charge in [0.2, 0.25) is 0 Å². The third kappa shape index (κ3) is 3.77. The number of nitrogens with two attached hydrogens (primary N) is 1.